The van der Waals surface area contributed by atoms with Gasteiger partial charge in [-0.2, -0.15) is 0 Å². The van der Waals surface area contributed by atoms with Gasteiger partial charge in [0.15, 0.2) is 0 Å². The van der Waals surface area contributed by atoms with Gasteiger partial charge in [0.2, 0.25) is 0 Å². The summed E-state index contributed by atoms with van der Waals surface area (Å²) in [6, 6.07) is 11.2. The summed E-state index contributed by atoms with van der Waals surface area (Å²) < 4.78 is 26.8. The number of nitrogens with one attached hydrogen (secondary N) is 1. The molecule has 0 unspecified atom stereocenters. The van der Waals surface area contributed by atoms with E-state index in [1.54, 1.807) is 30.3 Å². The molecule has 0 radical (unpaired) electrons. The summed E-state index contributed by atoms with van der Waals surface area (Å²) in [5.74, 6) is -0.542. The second-order valence-electron chi connectivity index (χ2n) is 4.22. The van der Waals surface area contributed by atoms with E-state index < -0.39 is 0 Å². The largest absolute Gasteiger partial charge is 0.312 e. The Morgan fingerprint density at radius 3 is 2.35 bits per heavy atom. The van der Waals surface area contributed by atoms with Crippen molar-refractivity contribution in [3.63, 3.8) is 0 Å². The lowest BCUT2D eigenvalue weighted by Gasteiger charge is -2.08. The fraction of sp³-hybridized carbons (Fsp3) is 0.200. The lowest BCUT2D eigenvalue weighted by atomic mass is 10.1. The molecule has 0 heterocycles. The highest BCUT2D eigenvalue weighted by atomic mass is 35.5. The number of benzene rings is 2. The minimum atomic E-state index is -0.328. The molecule has 0 fully saturated rings. The van der Waals surface area contributed by atoms with Crippen molar-refractivity contribution in [1.29, 1.82) is 0 Å². The molecule has 108 valence electrons. The van der Waals surface area contributed by atoms with E-state index in [-0.39, 0.29) is 24.0 Å². The zero-order chi connectivity index (χ0) is 13.7. The summed E-state index contributed by atoms with van der Waals surface area (Å²) in [6.07, 6.45) is 0.554. The second kappa shape index (κ2) is 8.20. The average Bonchev–Trinajstić information content (AvgIpc) is 2.39. The maximum absolute atomic E-state index is 13.5. The quantitative estimate of drug-likeness (QED) is 0.807. The van der Waals surface area contributed by atoms with Gasteiger partial charge in [0.25, 0.3) is 0 Å². The summed E-state index contributed by atoms with van der Waals surface area (Å²) in [6.45, 7) is 0.894. The minimum absolute atomic E-state index is 0. The Morgan fingerprint density at radius 2 is 1.65 bits per heavy atom. The van der Waals surface area contributed by atoms with Gasteiger partial charge < -0.3 is 5.32 Å². The first-order valence-corrected chi connectivity index (χ1v) is 6.43. The van der Waals surface area contributed by atoms with Crippen molar-refractivity contribution in [2.75, 3.05) is 6.54 Å². The molecule has 1 N–H and O–H groups in total. The van der Waals surface area contributed by atoms with Gasteiger partial charge in [0.05, 0.1) is 0 Å². The third-order valence-corrected chi connectivity index (χ3v) is 3.25. The number of rotatable bonds is 5. The van der Waals surface area contributed by atoms with Crippen LogP contribution in [0.15, 0.2) is 42.5 Å². The summed E-state index contributed by atoms with van der Waals surface area (Å²) >= 11 is 5.91. The molecule has 2 aromatic rings. The van der Waals surface area contributed by atoms with Crippen LogP contribution in [0.2, 0.25) is 5.02 Å². The van der Waals surface area contributed by atoms with Crippen molar-refractivity contribution < 1.29 is 8.78 Å². The molecule has 20 heavy (non-hydrogen) atoms. The van der Waals surface area contributed by atoms with E-state index in [0.29, 0.717) is 35.7 Å². The summed E-state index contributed by atoms with van der Waals surface area (Å²) in [5, 5.41) is 3.47. The molecule has 1 nitrogen and oxygen atoms in total. The van der Waals surface area contributed by atoms with Crippen molar-refractivity contribution in [3.8, 4) is 0 Å². The number of hydrogen-bond donors (Lipinski definition) is 1. The SMILES string of the molecule is Cl.Fc1ccccc1CCNCc1c(F)cccc1Cl. The maximum Gasteiger partial charge on any atom is 0.129 e. The molecule has 0 amide bonds. The molecule has 0 aliphatic rings. The summed E-state index contributed by atoms with van der Waals surface area (Å²) in [7, 11) is 0. The first-order chi connectivity index (χ1) is 9.18. The fourth-order valence-corrected chi connectivity index (χ4v) is 2.07. The van der Waals surface area contributed by atoms with Gasteiger partial charge in [-0.1, -0.05) is 35.9 Å². The predicted octanol–water partition coefficient (Wildman–Crippen LogP) is 4.37. The van der Waals surface area contributed by atoms with Crippen LogP contribution in [0.1, 0.15) is 11.1 Å². The molecule has 0 spiro atoms. The van der Waals surface area contributed by atoms with Crippen LogP contribution in [0.3, 0.4) is 0 Å². The minimum Gasteiger partial charge on any atom is -0.312 e. The van der Waals surface area contributed by atoms with Crippen LogP contribution in [0.5, 0.6) is 0 Å². The molecule has 0 atom stereocenters. The highest BCUT2D eigenvalue weighted by molar-refractivity contribution is 6.31. The van der Waals surface area contributed by atoms with Gasteiger partial charge in [0.1, 0.15) is 11.6 Å². The molecule has 0 aliphatic carbocycles. The van der Waals surface area contributed by atoms with E-state index in [4.69, 9.17) is 11.6 Å². The van der Waals surface area contributed by atoms with Crippen molar-refractivity contribution >= 4 is 24.0 Å². The Balaban J connectivity index is 0.00000200. The standard InChI is InChI=1S/C15H14ClF2N.ClH/c16-13-5-3-7-15(18)12(13)10-19-9-8-11-4-1-2-6-14(11)17;/h1-7,19H,8-10H2;1H. The van der Waals surface area contributed by atoms with Crippen LogP contribution in [-0.2, 0) is 13.0 Å². The van der Waals surface area contributed by atoms with E-state index in [9.17, 15) is 8.78 Å². The number of hydrogen-bond acceptors (Lipinski definition) is 1. The van der Waals surface area contributed by atoms with Crippen LogP contribution in [0, 0.1) is 11.6 Å². The van der Waals surface area contributed by atoms with Crippen LogP contribution >= 0.6 is 24.0 Å². The first kappa shape index (κ1) is 16.9. The topological polar surface area (TPSA) is 12.0 Å². The summed E-state index contributed by atoms with van der Waals surface area (Å²) in [5.41, 5.74) is 1.09. The Kier molecular flexibility index (Phi) is 6.93. The van der Waals surface area contributed by atoms with Gasteiger partial charge in [-0.25, -0.2) is 8.78 Å². The molecule has 5 heteroatoms. The molecule has 2 rings (SSSR count). The van der Waals surface area contributed by atoms with Gasteiger partial charge in [-0.15, -0.1) is 12.4 Å². The Labute approximate surface area is 128 Å². The third kappa shape index (κ3) is 4.44. The molecule has 0 saturated heterocycles. The highest BCUT2D eigenvalue weighted by Gasteiger charge is 2.06. The van der Waals surface area contributed by atoms with E-state index >= 15 is 0 Å². The van der Waals surface area contributed by atoms with Crippen molar-refractivity contribution in [2.24, 2.45) is 0 Å². The van der Waals surface area contributed by atoms with E-state index in [1.807, 2.05) is 0 Å². The first-order valence-electron chi connectivity index (χ1n) is 6.05. The Hall–Kier alpha value is -1.16. The Morgan fingerprint density at radius 1 is 0.950 bits per heavy atom. The highest BCUT2D eigenvalue weighted by Crippen LogP contribution is 2.18. The molecular formula is C15H15Cl2F2N. The van der Waals surface area contributed by atoms with Crippen molar-refractivity contribution in [3.05, 3.63) is 70.2 Å². The van der Waals surface area contributed by atoms with Crippen molar-refractivity contribution in [2.45, 2.75) is 13.0 Å². The van der Waals surface area contributed by atoms with E-state index in [2.05, 4.69) is 5.32 Å². The lowest BCUT2D eigenvalue weighted by Crippen LogP contribution is -2.18. The molecule has 0 saturated carbocycles. The van der Waals surface area contributed by atoms with Crippen LogP contribution < -0.4 is 5.32 Å². The van der Waals surface area contributed by atoms with Gasteiger partial charge in [0, 0.05) is 17.1 Å². The average molecular weight is 318 g/mol. The smallest absolute Gasteiger partial charge is 0.129 e. The zero-order valence-electron chi connectivity index (χ0n) is 10.7. The summed E-state index contributed by atoms with van der Waals surface area (Å²) in [4.78, 5) is 0. The van der Waals surface area contributed by atoms with E-state index in [1.165, 1.54) is 12.1 Å². The normalized spacial score (nSPS) is 10.2. The van der Waals surface area contributed by atoms with Crippen molar-refractivity contribution in [1.82, 2.24) is 5.32 Å². The second-order valence-corrected chi connectivity index (χ2v) is 4.63. The molecular weight excluding hydrogens is 303 g/mol. The monoisotopic (exact) mass is 317 g/mol. The molecule has 0 bridgehead atoms. The van der Waals surface area contributed by atoms with E-state index in [0.717, 1.165) is 0 Å². The number of halogens is 4. The lowest BCUT2D eigenvalue weighted by molar-refractivity contribution is 0.578. The van der Waals surface area contributed by atoms with Crippen LogP contribution in [0.25, 0.3) is 0 Å². The molecule has 0 aromatic heterocycles. The fourth-order valence-electron chi connectivity index (χ4n) is 1.84. The maximum atomic E-state index is 13.5. The Bertz CT molecular complexity index is 541. The zero-order valence-corrected chi connectivity index (χ0v) is 12.3. The molecule has 0 aliphatic heterocycles. The predicted molar refractivity (Wildman–Crippen MR) is 80.5 cm³/mol. The van der Waals surface area contributed by atoms with Gasteiger partial charge >= 0.3 is 0 Å². The van der Waals surface area contributed by atoms with Gasteiger partial charge in [-0.3, -0.25) is 0 Å². The molecule has 2 aromatic carbocycles. The third-order valence-electron chi connectivity index (χ3n) is 2.89. The van der Waals surface area contributed by atoms with Crippen LogP contribution in [0.4, 0.5) is 8.78 Å². The van der Waals surface area contributed by atoms with Crippen LogP contribution in [-0.4, -0.2) is 6.54 Å². The van der Waals surface area contributed by atoms with Gasteiger partial charge in [-0.05, 0) is 36.7 Å².